The molecule has 0 radical (unpaired) electrons. The summed E-state index contributed by atoms with van der Waals surface area (Å²) in [5.74, 6) is -0.344. The summed E-state index contributed by atoms with van der Waals surface area (Å²) in [6.07, 6.45) is 1.57. The lowest BCUT2D eigenvalue weighted by Crippen LogP contribution is -2.48. The van der Waals surface area contributed by atoms with Crippen molar-refractivity contribution in [2.24, 2.45) is 7.05 Å². The van der Waals surface area contributed by atoms with Gasteiger partial charge in [0, 0.05) is 23.3 Å². The maximum absolute atomic E-state index is 13.1. The van der Waals surface area contributed by atoms with Gasteiger partial charge in [-0.1, -0.05) is 30.3 Å². The number of nitrogens with one attached hydrogen (secondary N) is 3. The smallest absolute Gasteiger partial charge is 0.263 e. The molecular weight excluding hydrogens is 502 g/mol. The first kappa shape index (κ1) is 22.1. The molecular formula is C24H20BrN5O4. The molecule has 3 heterocycles. The number of rotatable bonds is 5. The molecule has 5 rings (SSSR count). The van der Waals surface area contributed by atoms with Gasteiger partial charge in [0.1, 0.15) is 11.4 Å². The Hall–Kier alpha value is -3.76. The standard InChI is InChI=1S/C24H20BrN5O4/c1-30-10-14(25)7-17(24(30)33)23(32)29-18-9-20-19(8-16(18)22(31)26-15-11-34-12-15)27-21(28-20)13-5-3-2-4-6-13/h2-10,15H,11-12H2,1H3,(H,26,31)(H,27,28)(H,29,32). The molecule has 0 saturated carbocycles. The van der Waals surface area contributed by atoms with Crippen LogP contribution in [0.25, 0.3) is 22.4 Å². The van der Waals surface area contributed by atoms with E-state index < -0.39 is 11.5 Å². The van der Waals surface area contributed by atoms with E-state index >= 15 is 0 Å². The second-order valence-electron chi connectivity index (χ2n) is 8.02. The molecule has 3 N–H and O–H groups in total. The van der Waals surface area contributed by atoms with Crippen LogP contribution >= 0.6 is 15.9 Å². The fourth-order valence-corrected chi connectivity index (χ4v) is 4.22. The molecule has 4 aromatic rings. The Kier molecular flexibility index (Phi) is 5.76. The van der Waals surface area contributed by atoms with Crippen LogP contribution in [0.1, 0.15) is 20.7 Å². The molecule has 0 spiro atoms. The minimum atomic E-state index is -0.624. The lowest BCUT2D eigenvalue weighted by molar-refractivity contribution is -0.00344. The lowest BCUT2D eigenvalue weighted by atomic mass is 10.1. The van der Waals surface area contributed by atoms with Crippen molar-refractivity contribution in [1.29, 1.82) is 0 Å². The highest BCUT2D eigenvalue weighted by Gasteiger charge is 2.24. The summed E-state index contributed by atoms with van der Waals surface area (Å²) in [5, 5.41) is 5.63. The number of halogens is 1. The van der Waals surface area contributed by atoms with Gasteiger partial charge < -0.3 is 24.9 Å². The summed E-state index contributed by atoms with van der Waals surface area (Å²) in [7, 11) is 1.56. The van der Waals surface area contributed by atoms with Crippen LogP contribution in [0.5, 0.6) is 0 Å². The molecule has 9 nitrogen and oxygen atoms in total. The van der Waals surface area contributed by atoms with Crippen LogP contribution in [0.2, 0.25) is 0 Å². The van der Waals surface area contributed by atoms with Crippen molar-refractivity contribution in [3.63, 3.8) is 0 Å². The Morgan fingerprint density at radius 2 is 1.88 bits per heavy atom. The Labute approximate surface area is 202 Å². The topological polar surface area (TPSA) is 118 Å². The highest BCUT2D eigenvalue weighted by molar-refractivity contribution is 9.10. The quantitative estimate of drug-likeness (QED) is 0.373. The number of benzene rings is 2. The highest BCUT2D eigenvalue weighted by atomic mass is 79.9. The SMILES string of the molecule is Cn1cc(Br)cc(C(=O)Nc2cc3nc(-c4ccccc4)[nH]c3cc2C(=O)NC2COC2)c1=O. The average molecular weight is 522 g/mol. The third kappa shape index (κ3) is 4.25. The second kappa shape index (κ2) is 8.88. The first-order valence-electron chi connectivity index (χ1n) is 10.5. The minimum absolute atomic E-state index is 0.0530. The second-order valence-corrected chi connectivity index (χ2v) is 8.93. The number of imidazole rings is 1. The number of aromatic amines is 1. The molecule has 34 heavy (non-hydrogen) atoms. The van der Waals surface area contributed by atoms with E-state index in [1.807, 2.05) is 30.3 Å². The van der Waals surface area contributed by atoms with Gasteiger partial charge in [0.05, 0.1) is 41.5 Å². The number of fused-ring (bicyclic) bond motifs is 1. The molecule has 1 fully saturated rings. The molecule has 10 heteroatoms. The zero-order valence-electron chi connectivity index (χ0n) is 18.1. The van der Waals surface area contributed by atoms with Crippen LogP contribution in [0.4, 0.5) is 5.69 Å². The molecule has 1 aliphatic heterocycles. The number of nitrogens with zero attached hydrogens (tertiary/aromatic N) is 2. The number of anilines is 1. The number of hydrogen-bond acceptors (Lipinski definition) is 5. The van der Waals surface area contributed by atoms with Gasteiger partial charge in [-0.05, 0) is 34.1 Å². The molecule has 1 saturated heterocycles. The van der Waals surface area contributed by atoms with E-state index in [9.17, 15) is 14.4 Å². The maximum atomic E-state index is 13.1. The number of hydrogen-bond donors (Lipinski definition) is 3. The summed E-state index contributed by atoms with van der Waals surface area (Å²) in [6.45, 7) is 0.873. The van der Waals surface area contributed by atoms with E-state index in [-0.39, 0.29) is 28.8 Å². The zero-order valence-corrected chi connectivity index (χ0v) is 19.7. The molecule has 2 aromatic carbocycles. The maximum Gasteiger partial charge on any atom is 0.263 e. The third-order valence-corrected chi connectivity index (χ3v) is 5.96. The Balaban J connectivity index is 1.56. The van der Waals surface area contributed by atoms with Crippen LogP contribution in [0.3, 0.4) is 0 Å². The van der Waals surface area contributed by atoms with Crippen LogP contribution in [0.15, 0.2) is 64.0 Å². The number of aromatic nitrogens is 3. The molecule has 0 aliphatic carbocycles. The van der Waals surface area contributed by atoms with Gasteiger partial charge in [-0.2, -0.15) is 0 Å². The molecule has 0 atom stereocenters. The number of amides is 2. The Bertz CT molecular complexity index is 1470. The predicted octanol–water partition coefficient (Wildman–Crippen LogP) is 3.07. The summed E-state index contributed by atoms with van der Waals surface area (Å²) in [4.78, 5) is 46.5. The average Bonchev–Trinajstić information content (AvgIpc) is 3.21. The third-order valence-electron chi connectivity index (χ3n) is 5.53. The van der Waals surface area contributed by atoms with E-state index in [2.05, 4.69) is 36.5 Å². The van der Waals surface area contributed by atoms with E-state index in [0.29, 0.717) is 34.5 Å². The normalized spacial score (nSPS) is 13.5. The van der Waals surface area contributed by atoms with E-state index in [4.69, 9.17) is 4.74 Å². The number of aryl methyl sites for hydroxylation is 1. The fraction of sp³-hybridized carbons (Fsp3) is 0.167. The van der Waals surface area contributed by atoms with Gasteiger partial charge in [0.15, 0.2) is 0 Å². The van der Waals surface area contributed by atoms with Gasteiger partial charge in [0.25, 0.3) is 17.4 Å². The number of carbonyl (C=O) groups is 2. The van der Waals surface area contributed by atoms with Crippen LogP contribution < -0.4 is 16.2 Å². The van der Waals surface area contributed by atoms with Crippen molar-refractivity contribution in [3.05, 3.63) is 80.7 Å². The Morgan fingerprint density at radius 1 is 1.12 bits per heavy atom. The molecule has 0 bridgehead atoms. The van der Waals surface area contributed by atoms with Crippen molar-refractivity contribution in [2.45, 2.75) is 6.04 Å². The fourth-order valence-electron chi connectivity index (χ4n) is 3.69. The van der Waals surface area contributed by atoms with Crippen molar-refractivity contribution in [2.75, 3.05) is 18.5 Å². The molecule has 2 amide bonds. The largest absolute Gasteiger partial charge is 0.377 e. The summed E-state index contributed by atoms with van der Waals surface area (Å²) in [5.41, 5.74) is 2.10. The summed E-state index contributed by atoms with van der Waals surface area (Å²) < 4.78 is 7.03. The molecule has 2 aromatic heterocycles. The van der Waals surface area contributed by atoms with Gasteiger partial charge in [0.2, 0.25) is 0 Å². The van der Waals surface area contributed by atoms with E-state index in [1.54, 1.807) is 25.4 Å². The Morgan fingerprint density at radius 3 is 2.59 bits per heavy atom. The predicted molar refractivity (Wildman–Crippen MR) is 131 cm³/mol. The van der Waals surface area contributed by atoms with Gasteiger partial charge in [-0.25, -0.2) is 4.98 Å². The number of pyridine rings is 1. The van der Waals surface area contributed by atoms with E-state index in [1.165, 1.54) is 10.6 Å². The van der Waals surface area contributed by atoms with Gasteiger partial charge in [-0.3, -0.25) is 14.4 Å². The van der Waals surface area contributed by atoms with E-state index in [0.717, 1.165) is 5.56 Å². The summed E-state index contributed by atoms with van der Waals surface area (Å²) >= 11 is 3.31. The number of carbonyl (C=O) groups excluding carboxylic acids is 2. The van der Waals surface area contributed by atoms with Crippen molar-refractivity contribution in [1.82, 2.24) is 19.9 Å². The number of H-pyrrole nitrogens is 1. The van der Waals surface area contributed by atoms with Crippen LogP contribution in [-0.2, 0) is 11.8 Å². The minimum Gasteiger partial charge on any atom is -0.377 e. The van der Waals surface area contributed by atoms with Crippen LogP contribution in [0, 0.1) is 0 Å². The van der Waals surface area contributed by atoms with Crippen molar-refractivity contribution < 1.29 is 14.3 Å². The monoisotopic (exact) mass is 521 g/mol. The molecule has 172 valence electrons. The number of ether oxygens (including phenoxy) is 1. The summed E-state index contributed by atoms with van der Waals surface area (Å²) in [6, 6.07) is 14.2. The zero-order chi connectivity index (χ0) is 23.8. The lowest BCUT2D eigenvalue weighted by Gasteiger charge is -2.27. The molecule has 0 unspecified atom stereocenters. The van der Waals surface area contributed by atoms with Crippen molar-refractivity contribution >= 4 is 44.5 Å². The first-order valence-corrected chi connectivity index (χ1v) is 11.3. The van der Waals surface area contributed by atoms with Crippen molar-refractivity contribution in [3.8, 4) is 11.4 Å². The highest BCUT2D eigenvalue weighted by Crippen LogP contribution is 2.27. The van der Waals surface area contributed by atoms with Gasteiger partial charge >= 0.3 is 0 Å². The van der Waals surface area contributed by atoms with Gasteiger partial charge in [-0.15, -0.1) is 0 Å². The molecule has 1 aliphatic rings. The first-order chi connectivity index (χ1) is 16.4. The van der Waals surface area contributed by atoms with Crippen LogP contribution in [-0.4, -0.2) is 45.6 Å².